The first-order valence-electron chi connectivity index (χ1n) is 5.07. The number of aliphatic hydroxyl groups is 1. The molecule has 0 fully saturated rings. The average molecular weight is 214 g/mol. The normalized spacial score (nSPS) is 17.9. The summed E-state index contributed by atoms with van der Waals surface area (Å²) in [6.07, 6.45) is 1.80. The molecule has 0 aromatic carbocycles. The number of rotatable bonds is 7. The minimum Gasteiger partial charge on any atom is -0.393 e. The fourth-order valence-electron chi connectivity index (χ4n) is 1.60. The fourth-order valence-corrected chi connectivity index (χ4v) is 1.60. The summed E-state index contributed by atoms with van der Waals surface area (Å²) in [6, 6.07) is 0. The van der Waals surface area contributed by atoms with Gasteiger partial charge in [0.25, 0.3) is 0 Å². The van der Waals surface area contributed by atoms with E-state index in [1.165, 1.54) is 0 Å². The third-order valence-electron chi connectivity index (χ3n) is 2.55. The molecule has 0 aromatic rings. The van der Waals surface area contributed by atoms with E-state index in [4.69, 9.17) is 11.6 Å². The van der Waals surface area contributed by atoms with Crippen LogP contribution in [-0.2, 0) is 0 Å². The van der Waals surface area contributed by atoms with Crippen LogP contribution in [0.25, 0.3) is 0 Å². The fraction of sp³-hybridized carbons (Fsp3) is 0.700. The van der Waals surface area contributed by atoms with E-state index < -0.39 is 6.10 Å². The SMILES string of the molecule is C=CNC[C@H](C(C)C/C(N)=N\N)[C@H](C)O. The summed E-state index contributed by atoms with van der Waals surface area (Å²) in [4.78, 5) is 0. The Balaban J connectivity index is 4.27. The molecule has 15 heavy (non-hydrogen) atoms. The second kappa shape index (κ2) is 7.11. The highest BCUT2D eigenvalue weighted by atomic mass is 16.3. The summed E-state index contributed by atoms with van der Waals surface area (Å²) in [5.74, 6) is 5.79. The van der Waals surface area contributed by atoms with E-state index in [2.05, 4.69) is 17.0 Å². The second-order valence-electron chi connectivity index (χ2n) is 3.82. The number of hydrogen-bond donors (Lipinski definition) is 4. The van der Waals surface area contributed by atoms with Gasteiger partial charge in [-0.2, -0.15) is 5.10 Å². The molecule has 3 atom stereocenters. The molecule has 0 heterocycles. The van der Waals surface area contributed by atoms with Crippen LogP contribution in [0, 0.1) is 11.8 Å². The van der Waals surface area contributed by atoms with Crippen molar-refractivity contribution in [1.29, 1.82) is 0 Å². The molecule has 5 nitrogen and oxygen atoms in total. The van der Waals surface area contributed by atoms with Crippen LogP contribution in [0.3, 0.4) is 0 Å². The topological polar surface area (TPSA) is 96.7 Å². The Kier molecular flexibility index (Phi) is 6.53. The first kappa shape index (κ1) is 13.8. The zero-order valence-corrected chi connectivity index (χ0v) is 9.48. The van der Waals surface area contributed by atoms with E-state index >= 15 is 0 Å². The maximum atomic E-state index is 9.61. The van der Waals surface area contributed by atoms with E-state index in [9.17, 15) is 5.11 Å². The van der Waals surface area contributed by atoms with Gasteiger partial charge in [0, 0.05) is 18.9 Å². The van der Waals surface area contributed by atoms with Crippen molar-refractivity contribution in [2.75, 3.05) is 6.54 Å². The van der Waals surface area contributed by atoms with E-state index in [1.807, 2.05) is 6.92 Å². The van der Waals surface area contributed by atoms with Gasteiger partial charge in [0.15, 0.2) is 0 Å². The maximum Gasteiger partial charge on any atom is 0.119 e. The molecule has 0 aliphatic carbocycles. The van der Waals surface area contributed by atoms with E-state index in [1.54, 1.807) is 13.1 Å². The molecule has 0 spiro atoms. The predicted octanol–water partition coefficient (Wildman–Crippen LogP) is -0.0264. The highest BCUT2D eigenvalue weighted by Gasteiger charge is 2.22. The number of nitrogens with two attached hydrogens (primary N) is 2. The monoisotopic (exact) mass is 214 g/mol. The molecule has 0 aliphatic heterocycles. The second-order valence-corrected chi connectivity index (χ2v) is 3.82. The van der Waals surface area contributed by atoms with Gasteiger partial charge in [0.05, 0.1) is 6.10 Å². The Bertz CT molecular complexity index is 215. The quantitative estimate of drug-likeness (QED) is 0.207. The Morgan fingerprint density at radius 2 is 2.20 bits per heavy atom. The molecule has 0 aliphatic rings. The van der Waals surface area contributed by atoms with Gasteiger partial charge in [-0.05, 0) is 19.0 Å². The Morgan fingerprint density at radius 3 is 2.60 bits per heavy atom. The average Bonchev–Trinajstić information content (AvgIpc) is 2.17. The third-order valence-corrected chi connectivity index (χ3v) is 2.55. The highest BCUT2D eigenvalue weighted by molar-refractivity contribution is 5.80. The van der Waals surface area contributed by atoms with Crippen molar-refractivity contribution in [2.24, 2.45) is 28.5 Å². The summed E-state index contributed by atoms with van der Waals surface area (Å²) in [5.41, 5.74) is 5.54. The van der Waals surface area contributed by atoms with Crippen molar-refractivity contribution >= 4 is 5.84 Å². The zero-order valence-electron chi connectivity index (χ0n) is 9.48. The Hall–Kier alpha value is -1.23. The van der Waals surface area contributed by atoms with Crippen LogP contribution < -0.4 is 16.9 Å². The predicted molar refractivity (Wildman–Crippen MR) is 63.0 cm³/mol. The Labute approximate surface area is 91.2 Å². The first-order valence-corrected chi connectivity index (χ1v) is 5.07. The Morgan fingerprint density at radius 1 is 1.60 bits per heavy atom. The van der Waals surface area contributed by atoms with Gasteiger partial charge in [-0.15, -0.1) is 0 Å². The summed E-state index contributed by atoms with van der Waals surface area (Å²) in [7, 11) is 0. The van der Waals surface area contributed by atoms with Crippen LogP contribution in [0.15, 0.2) is 17.9 Å². The molecular formula is C10H22N4O. The van der Waals surface area contributed by atoms with Crippen LogP contribution in [0.5, 0.6) is 0 Å². The lowest BCUT2D eigenvalue weighted by Crippen LogP contribution is -2.34. The molecule has 1 unspecified atom stereocenters. The molecule has 0 amide bonds. The zero-order chi connectivity index (χ0) is 11.8. The molecule has 0 bridgehead atoms. The number of hydrazone groups is 1. The van der Waals surface area contributed by atoms with Gasteiger partial charge in [0.1, 0.15) is 5.84 Å². The summed E-state index contributed by atoms with van der Waals surface area (Å²) >= 11 is 0. The smallest absolute Gasteiger partial charge is 0.119 e. The van der Waals surface area contributed by atoms with Crippen molar-refractivity contribution in [1.82, 2.24) is 5.32 Å². The van der Waals surface area contributed by atoms with Crippen molar-refractivity contribution in [3.63, 3.8) is 0 Å². The molecule has 0 saturated heterocycles. The van der Waals surface area contributed by atoms with E-state index in [-0.39, 0.29) is 11.8 Å². The lowest BCUT2D eigenvalue weighted by atomic mass is 9.87. The van der Waals surface area contributed by atoms with Gasteiger partial charge >= 0.3 is 0 Å². The number of hydrogen-bond acceptors (Lipinski definition) is 4. The molecule has 0 radical (unpaired) electrons. The molecule has 0 saturated carbocycles. The third kappa shape index (κ3) is 5.27. The maximum absolute atomic E-state index is 9.61. The van der Waals surface area contributed by atoms with E-state index in [0.29, 0.717) is 18.8 Å². The van der Waals surface area contributed by atoms with Gasteiger partial charge in [-0.1, -0.05) is 13.5 Å². The van der Waals surface area contributed by atoms with Crippen molar-refractivity contribution in [3.8, 4) is 0 Å². The van der Waals surface area contributed by atoms with Crippen LogP contribution in [0.4, 0.5) is 0 Å². The van der Waals surface area contributed by atoms with Crippen LogP contribution >= 0.6 is 0 Å². The highest BCUT2D eigenvalue weighted by Crippen LogP contribution is 2.18. The van der Waals surface area contributed by atoms with Crippen LogP contribution in [0.1, 0.15) is 20.3 Å². The van der Waals surface area contributed by atoms with Gasteiger partial charge in [-0.25, -0.2) is 0 Å². The summed E-state index contributed by atoms with van der Waals surface area (Å²) < 4.78 is 0. The van der Waals surface area contributed by atoms with Gasteiger partial charge < -0.3 is 22.0 Å². The van der Waals surface area contributed by atoms with Gasteiger partial charge in [0.2, 0.25) is 0 Å². The van der Waals surface area contributed by atoms with Crippen molar-refractivity contribution in [2.45, 2.75) is 26.4 Å². The van der Waals surface area contributed by atoms with E-state index in [0.717, 1.165) is 0 Å². The van der Waals surface area contributed by atoms with Crippen LogP contribution in [0.2, 0.25) is 0 Å². The number of aliphatic hydroxyl groups excluding tert-OH is 1. The van der Waals surface area contributed by atoms with Gasteiger partial charge in [-0.3, -0.25) is 0 Å². The van der Waals surface area contributed by atoms with Crippen molar-refractivity contribution < 1.29 is 5.11 Å². The lowest BCUT2D eigenvalue weighted by Gasteiger charge is -2.26. The first-order chi connectivity index (χ1) is 7.02. The standard InChI is InChI=1S/C10H22N4O/c1-4-13-6-9(8(3)15)7(2)5-10(11)14-12/h4,7-9,13,15H,1,5-6,12H2,2-3H3,(H2,11,14)/t7?,8-,9+/m0/s1. The molecule has 5 heteroatoms. The number of nitrogens with one attached hydrogen (secondary N) is 1. The molecular weight excluding hydrogens is 192 g/mol. The lowest BCUT2D eigenvalue weighted by molar-refractivity contribution is 0.0958. The largest absolute Gasteiger partial charge is 0.393 e. The molecule has 0 aromatic heterocycles. The molecule has 0 rings (SSSR count). The summed E-state index contributed by atoms with van der Waals surface area (Å²) in [5, 5.41) is 16.0. The molecule has 88 valence electrons. The minimum atomic E-state index is -0.405. The van der Waals surface area contributed by atoms with Crippen molar-refractivity contribution in [3.05, 3.63) is 12.8 Å². The minimum absolute atomic E-state index is 0.100. The number of amidine groups is 1. The molecule has 6 N–H and O–H groups in total. The summed E-state index contributed by atoms with van der Waals surface area (Å²) in [6.45, 7) is 8.01. The number of nitrogens with zero attached hydrogens (tertiary/aromatic N) is 1. The van der Waals surface area contributed by atoms with Crippen LogP contribution in [-0.4, -0.2) is 23.6 Å².